The van der Waals surface area contributed by atoms with Gasteiger partial charge in [0.25, 0.3) is 0 Å². The fraction of sp³-hybridized carbons (Fsp3) is 0. The van der Waals surface area contributed by atoms with Crippen molar-refractivity contribution in [3.63, 3.8) is 0 Å². The van der Waals surface area contributed by atoms with Gasteiger partial charge < -0.3 is 8.97 Å². The van der Waals surface area contributed by atoms with Gasteiger partial charge in [0, 0.05) is 58.2 Å². The molecule has 10 aromatic carbocycles. The fourth-order valence-corrected chi connectivity index (χ4v) is 11.5. The first-order chi connectivity index (χ1) is 28.3. The molecule has 57 heavy (non-hydrogen) atoms. The van der Waals surface area contributed by atoms with E-state index in [2.05, 4.69) is 191 Å². The first-order valence-corrected chi connectivity index (χ1v) is 20.5. The number of benzene rings is 10. The maximum absolute atomic E-state index is 2.51. The Morgan fingerprint density at radius 2 is 0.807 bits per heavy atom. The van der Waals surface area contributed by atoms with Crippen LogP contribution in [-0.2, 0) is 0 Å². The van der Waals surface area contributed by atoms with Gasteiger partial charge in [-0.15, -0.1) is 11.3 Å². The van der Waals surface area contributed by atoms with Crippen LogP contribution in [0.1, 0.15) is 0 Å². The molecule has 0 fully saturated rings. The molecule has 0 aliphatic rings. The summed E-state index contributed by atoms with van der Waals surface area (Å²) in [6, 6.07) is 68.1. The summed E-state index contributed by atoms with van der Waals surface area (Å²) in [5.41, 5.74) is 12.4. The summed E-state index contributed by atoms with van der Waals surface area (Å²) in [7, 11) is 0. The van der Waals surface area contributed by atoms with Crippen molar-refractivity contribution in [1.29, 1.82) is 0 Å². The van der Waals surface area contributed by atoms with Crippen LogP contribution in [0.25, 0.3) is 130 Å². The number of fused-ring (bicyclic) bond motifs is 12. The Morgan fingerprint density at radius 3 is 1.58 bits per heavy atom. The van der Waals surface area contributed by atoms with Gasteiger partial charge in [-0.25, -0.2) is 0 Å². The number of aromatic nitrogens is 2. The van der Waals surface area contributed by atoms with Gasteiger partial charge in [0.15, 0.2) is 0 Å². The number of thiophene rings is 1. The number of rotatable bonds is 3. The molecule has 3 heteroatoms. The Bertz CT molecular complexity index is 3970. The molecular formula is C54H30N2S. The standard InChI is InChI=1S/C54H30N2S/c1-2-9-35(10-3-1)55-46-16-5-4-11-37(46)44-28-32(21-25-47(44)55)33-22-26-48-45(29-33)42-15-6-14-41-38-24-20-34(30-49(38)56(48)54(41)42)31-19-23-36-39-12-7-17-50-52(39)53-40(43(36)27-31)13-8-18-51(53)57-50/h1-30H. The predicted octanol–water partition coefficient (Wildman–Crippen LogP) is 15.4. The number of hydrogen-bond donors (Lipinski definition) is 0. The molecule has 14 rings (SSSR count). The lowest BCUT2D eigenvalue weighted by Gasteiger charge is -2.11. The summed E-state index contributed by atoms with van der Waals surface area (Å²) in [5, 5.41) is 15.9. The lowest BCUT2D eigenvalue weighted by Crippen LogP contribution is -1.92. The molecule has 0 bridgehead atoms. The van der Waals surface area contributed by atoms with Gasteiger partial charge in [-0.05, 0) is 111 Å². The van der Waals surface area contributed by atoms with E-state index in [1.165, 1.54) is 130 Å². The van der Waals surface area contributed by atoms with E-state index < -0.39 is 0 Å². The highest BCUT2D eigenvalue weighted by Gasteiger charge is 2.20. The van der Waals surface area contributed by atoms with Crippen LogP contribution in [0.3, 0.4) is 0 Å². The quantitative estimate of drug-likeness (QED) is 0.160. The Hall–Kier alpha value is -7.20. The van der Waals surface area contributed by atoms with Gasteiger partial charge in [0.05, 0.1) is 27.6 Å². The molecule has 0 aliphatic heterocycles. The maximum Gasteiger partial charge on any atom is 0.0620 e. The molecule has 4 aromatic heterocycles. The molecule has 0 unspecified atom stereocenters. The highest BCUT2D eigenvalue weighted by Crippen LogP contribution is 2.47. The van der Waals surface area contributed by atoms with Gasteiger partial charge in [0.1, 0.15) is 0 Å². The molecule has 0 radical (unpaired) electrons. The van der Waals surface area contributed by atoms with Gasteiger partial charge in [0.2, 0.25) is 0 Å². The lowest BCUT2D eigenvalue weighted by molar-refractivity contribution is 1.18. The summed E-state index contributed by atoms with van der Waals surface area (Å²) in [4.78, 5) is 0. The van der Waals surface area contributed by atoms with Crippen molar-refractivity contribution in [3.05, 3.63) is 182 Å². The van der Waals surface area contributed by atoms with Crippen LogP contribution in [0, 0.1) is 0 Å². The first kappa shape index (κ1) is 30.1. The van der Waals surface area contributed by atoms with Crippen LogP contribution in [-0.4, -0.2) is 8.97 Å². The average Bonchev–Trinajstić information content (AvgIpc) is 4.02. The highest BCUT2D eigenvalue weighted by atomic mass is 32.1. The van der Waals surface area contributed by atoms with E-state index in [0.717, 1.165) is 0 Å². The SMILES string of the molecule is c1ccc(-n2c3ccccc3c3cc(-c4ccc5c(c4)c4cccc6c7ccc(-c8ccc9c(c8)c8cccc%10sc%11cccc9c%11c%108)cc7n5c46)ccc32)cc1. The van der Waals surface area contributed by atoms with Crippen molar-refractivity contribution in [2.45, 2.75) is 0 Å². The average molecular weight is 739 g/mol. The third kappa shape index (κ3) is 3.89. The van der Waals surface area contributed by atoms with E-state index in [4.69, 9.17) is 0 Å². The normalized spacial score (nSPS) is 12.6. The van der Waals surface area contributed by atoms with Crippen molar-refractivity contribution < 1.29 is 0 Å². The van der Waals surface area contributed by atoms with E-state index in [1.54, 1.807) is 0 Å². The third-order valence-electron chi connectivity index (χ3n) is 12.8. The van der Waals surface area contributed by atoms with Crippen molar-refractivity contribution in [3.8, 4) is 27.9 Å². The molecule has 4 heterocycles. The molecule has 0 amide bonds. The Morgan fingerprint density at radius 1 is 0.298 bits per heavy atom. The molecule has 0 spiro atoms. The minimum absolute atomic E-state index is 1.18. The Labute approximate surface area is 330 Å². The van der Waals surface area contributed by atoms with Crippen LogP contribution in [0.4, 0.5) is 0 Å². The molecular weight excluding hydrogens is 709 g/mol. The summed E-state index contributed by atoms with van der Waals surface area (Å²) in [6.45, 7) is 0. The Balaban J connectivity index is 0.954. The van der Waals surface area contributed by atoms with Crippen molar-refractivity contribution in [2.75, 3.05) is 0 Å². The number of hydrogen-bond acceptors (Lipinski definition) is 1. The molecule has 0 saturated heterocycles. The molecule has 0 aliphatic carbocycles. The highest BCUT2D eigenvalue weighted by molar-refractivity contribution is 7.26. The van der Waals surface area contributed by atoms with Crippen LogP contribution in [0.15, 0.2) is 182 Å². The molecule has 0 N–H and O–H groups in total. The second-order valence-corrected chi connectivity index (χ2v) is 16.7. The van der Waals surface area contributed by atoms with E-state index in [9.17, 15) is 0 Å². The van der Waals surface area contributed by atoms with Crippen molar-refractivity contribution in [2.24, 2.45) is 0 Å². The summed E-state index contributed by atoms with van der Waals surface area (Å²) in [6.07, 6.45) is 0. The van der Waals surface area contributed by atoms with E-state index in [-0.39, 0.29) is 0 Å². The summed E-state index contributed by atoms with van der Waals surface area (Å²) < 4.78 is 7.63. The van der Waals surface area contributed by atoms with Crippen LogP contribution in [0.5, 0.6) is 0 Å². The van der Waals surface area contributed by atoms with Crippen LogP contribution in [0.2, 0.25) is 0 Å². The van der Waals surface area contributed by atoms with Gasteiger partial charge in [-0.2, -0.15) is 0 Å². The smallest absolute Gasteiger partial charge is 0.0620 e. The number of nitrogens with zero attached hydrogens (tertiary/aromatic N) is 2. The first-order valence-electron chi connectivity index (χ1n) is 19.7. The molecule has 262 valence electrons. The van der Waals surface area contributed by atoms with E-state index in [1.807, 2.05) is 11.3 Å². The largest absolute Gasteiger partial charge is 0.309 e. The number of para-hydroxylation sites is 3. The topological polar surface area (TPSA) is 9.34 Å². The van der Waals surface area contributed by atoms with E-state index >= 15 is 0 Å². The fourth-order valence-electron chi connectivity index (χ4n) is 10.3. The van der Waals surface area contributed by atoms with Crippen molar-refractivity contribution in [1.82, 2.24) is 8.97 Å². The monoisotopic (exact) mass is 738 g/mol. The van der Waals surface area contributed by atoms with Gasteiger partial charge in [-0.3, -0.25) is 0 Å². The zero-order valence-corrected chi connectivity index (χ0v) is 31.4. The minimum Gasteiger partial charge on any atom is -0.309 e. The third-order valence-corrected chi connectivity index (χ3v) is 13.9. The van der Waals surface area contributed by atoms with Gasteiger partial charge >= 0.3 is 0 Å². The second kappa shape index (κ2) is 10.8. The van der Waals surface area contributed by atoms with E-state index in [0.29, 0.717) is 0 Å². The molecule has 2 nitrogen and oxygen atoms in total. The second-order valence-electron chi connectivity index (χ2n) is 15.6. The summed E-state index contributed by atoms with van der Waals surface area (Å²) in [5.74, 6) is 0. The van der Waals surface area contributed by atoms with Crippen LogP contribution < -0.4 is 0 Å². The maximum atomic E-state index is 2.51. The van der Waals surface area contributed by atoms with Crippen molar-refractivity contribution >= 4 is 113 Å². The predicted molar refractivity (Wildman–Crippen MR) is 245 cm³/mol. The molecule has 0 atom stereocenters. The summed E-state index contributed by atoms with van der Waals surface area (Å²) >= 11 is 1.90. The molecule has 14 aromatic rings. The minimum atomic E-state index is 1.18. The zero-order valence-electron chi connectivity index (χ0n) is 30.6. The lowest BCUT2D eigenvalue weighted by atomic mass is 9.92. The van der Waals surface area contributed by atoms with Gasteiger partial charge in [-0.1, -0.05) is 115 Å². The zero-order chi connectivity index (χ0) is 36.9. The van der Waals surface area contributed by atoms with Crippen LogP contribution >= 0.6 is 11.3 Å². The Kier molecular flexibility index (Phi) is 5.68. The molecule has 0 saturated carbocycles.